The van der Waals surface area contributed by atoms with Crippen molar-refractivity contribution in [3.8, 4) is 5.75 Å². The van der Waals surface area contributed by atoms with Crippen molar-refractivity contribution in [3.05, 3.63) is 47.9 Å². The summed E-state index contributed by atoms with van der Waals surface area (Å²) in [6.07, 6.45) is 7.50. The lowest BCUT2D eigenvalue weighted by molar-refractivity contribution is -0.0891. The van der Waals surface area contributed by atoms with Gasteiger partial charge in [0.25, 0.3) is 5.91 Å². The summed E-state index contributed by atoms with van der Waals surface area (Å²) in [5.74, 6) is 0.778. The van der Waals surface area contributed by atoms with Crippen LogP contribution in [0.5, 0.6) is 5.75 Å². The molecule has 10 heteroatoms. The van der Waals surface area contributed by atoms with E-state index in [1.54, 1.807) is 14.2 Å². The van der Waals surface area contributed by atoms with E-state index in [2.05, 4.69) is 51.5 Å². The summed E-state index contributed by atoms with van der Waals surface area (Å²) in [6, 6.07) is 11.1. The Bertz CT molecular complexity index is 1100. The topological polar surface area (TPSA) is 98.3 Å². The van der Waals surface area contributed by atoms with Gasteiger partial charge in [-0.15, -0.1) is 0 Å². The molecule has 1 N–H and O–H groups in total. The van der Waals surface area contributed by atoms with Gasteiger partial charge in [-0.05, 0) is 51.1 Å². The predicted octanol–water partition coefficient (Wildman–Crippen LogP) is 3.55. The van der Waals surface area contributed by atoms with E-state index in [-0.39, 0.29) is 24.2 Å². The molecule has 1 aromatic heterocycles. The summed E-state index contributed by atoms with van der Waals surface area (Å²) in [5.41, 5.74) is 1.50. The van der Waals surface area contributed by atoms with Crippen molar-refractivity contribution in [1.29, 1.82) is 0 Å². The Morgan fingerprint density at radius 3 is 2.65 bits per heavy atom. The number of ether oxygens (including phenoxy) is 4. The van der Waals surface area contributed by atoms with Gasteiger partial charge >= 0.3 is 0 Å². The quantitative estimate of drug-likeness (QED) is 0.500. The lowest BCUT2D eigenvalue weighted by Gasteiger charge is -2.44. The molecule has 5 rings (SSSR count). The largest absolute Gasteiger partial charge is 0.491 e. The Morgan fingerprint density at radius 2 is 1.90 bits per heavy atom. The molecule has 2 unspecified atom stereocenters. The molecule has 40 heavy (non-hydrogen) atoms. The van der Waals surface area contributed by atoms with Crippen LogP contribution in [0.15, 0.2) is 36.7 Å². The van der Waals surface area contributed by atoms with E-state index in [1.165, 1.54) is 11.9 Å². The molecular weight excluding hydrogens is 510 g/mol. The van der Waals surface area contributed by atoms with E-state index in [0.29, 0.717) is 55.6 Å². The van der Waals surface area contributed by atoms with E-state index < -0.39 is 0 Å². The molecule has 1 aromatic carbocycles. The van der Waals surface area contributed by atoms with Crippen molar-refractivity contribution >= 4 is 11.7 Å². The molecule has 3 saturated heterocycles. The van der Waals surface area contributed by atoms with Crippen molar-refractivity contribution < 1.29 is 23.7 Å². The Balaban J connectivity index is 1.18. The second-order valence-electron chi connectivity index (χ2n) is 11.0. The van der Waals surface area contributed by atoms with Gasteiger partial charge in [0, 0.05) is 45.4 Å². The molecule has 2 aromatic rings. The zero-order chi connectivity index (χ0) is 27.9. The number of anilines is 1. The summed E-state index contributed by atoms with van der Waals surface area (Å²) in [4.78, 5) is 26.6. The van der Waals surface area contributed by atoms with Crippen LogP contribution in [-0.4, -0.2) is 104 Å². The molecule has 0 radical (unpaired) electrons. The van der Waals surface area contributed by atoms with Gasteiger partial charge < -0.3 is 29.2 Å². The van der Waals surface area contributed by atoms with Crippen LogP contribution in [0.3, 0.4) is 0 Å². The van der Waals surface area contributed by atoms with Gasteiger partial charge in [0.2, 0.25) is 0 Å². The van der Waals surface area contributed by atoms with E-state index in [4.69, 9.17) is 18.9 Å². The normalized spacial score (nSPS) is 26.1. The maximum Gasteiger partial charge on any atom is 0.276 e. The van der Waals surface area contributed by atoms with Gasteiger partial charge in [0.15, 0.2) is 17.3 Å². The minimum atomic E-state index is -0.123. The summed E-state index contributed by atoms with van der Waals surface area (Å²) in [6.45, 7) is 3.31. The Hall–Kier alpha value is -2.79. The first-order valence-corrected chi connectivity index (χ1v) is 14.5. The van der Waals surface area contributed by atoms with E-state index >= 15 is 0 Å². The maximum atomic E-state index is 13.6. The second kappa shape index (κ2) is 13.7. The van der Waals surface area contributed by atoms with Crippen LogP contribution < -0.4 is 10.1 Å². The van der Waals surface area contributed by atoms with Gasteiger partial charge in [0.1, 0.15) is 6.33 Å². The third-order valence-corrected chi connectivity index (χ3v) is 8.65. The number of amides is 1. The molecule has 1 amide bonds. The summed E-state index contributed by atoms with van der Waals surface area (Å²) < 4.78 is 23.3. The average molecular weight is 554 g/mol. The number of nitrogens with one attached hydrogen (secondary N) is 1. The molecule has 0 bridgehead atoms. The van der Waals surface area contributed by atoms with Crippen molar-refractivity contribution in [2.24, 2.45) is 0 Å². The minimum Gasteiger partial charge on any atom is -0.491 e. The highest BCUT2D eigenvalue weighted by Gasteiger charge is 2.35. The lowest BCUT2D eigenvalue weighted by Crippen LogP contribution is -2.54. The molecule has 3 aliphatic heterocycles. The van der Waals surface area contributed by atoms with Gasteiger partial charge in [0.05, 0.1) is 32.0 Å². The van der Waals surface area contributed by atoms with Gasteiger partial charge in [-0.1, -0.05) is 30.3 Å². The molecular formula is C30H43N5O5. The van der Waals surface area contributed by atoms with E-state index in [9.17, 15) is 4.79 Å². The molecule has 4 atom stereocenters. The van der Waals surface area contributed by atoms with Crippen LogP contribution in [0.2, 0.25) is 0 Å². The first-order valence-electron chi connectivity index (χ1n) is 14.5. The number of nitrogens with zero attached hydrogens (tertiary/aromatic N) is 4. The highest BCUT2D eigenvalue weighted by molar-refractivity contribution is 5.96. The number of likely N-dealkylation sites (tertiary alicyclic amines) is 1. The number of carbonyl (C=O) groups excluding carboxylic acids is 1. The summed E-state index contributed by atoms with van der Waals surface area (Å²) in [7, 11) is 5.49. The first kappa shape index (κ1) is 28.7. The van der Waals surface area contributed by atoms with Crippen LogP contribution in [0.25, 0.3) is 0 Å². The third kappa shape index (κ3) is 6.57. The monoisotopic (exact) mass is 553 g/mol. The second-order valence-corrected chi connectivity index (χ2v) is 11.0. The summed E-state index contributed by atoms with van der Waals surface area (Å²) >= 11 is 0. The predicted molar refractivity (Wildman–Crippen MR) is 152 cm³/mol. The minimum absolute atomic E-state index is 0.0437. The number of likely N-dealkylation sites (N-methyl/N-ethyl adjacent to an activating group) is 1. The number of aromatic nitrogens is 2. The van der Waals surface area contributed by atoms with E-state index in [1.807, 2.05) is 11.0 Å². The molecule has 10 nitrogen and oxygen atoms in total. The van der Waals surface area contributed by atoms with Crippen molar-refractivity contribution in [3.63, 3.8) is 0 Å². The Kier molecular flexibility index (Phi) is 9.85. The Morgan fingerprint density at radius 1 is 1.10 bits per heavy atom. The number of piperidine rings is 1. The molecule has 218 valence electrons. The lowest BCUT2D eigenvalue weighted by atomic mass is 9.97. The first-order chi connectivity index (χ1) is 19.6. The number of benzene rings is 1. The van der Waals surface area contributed by atoms with Crippen molar-refractivity contribution in [2.75, 3.05) is 59.4 Å². The number of methoxy groups -OCH3 is 2. The molecule has 0 spiro atoms. The standard InChI is InChI=1S/C30H43N5O5/c1-34(24-14-17-39-19-26(24)37-2)22-12-15-35(16-13-22)30(36)27-28(38-3)29(33-20-32-27)31-18-23-10-7-11-25(40-23)21-8-5-4-6-9-21/h4-6,8-9,20,22-26H,7,10-19H2,1-3H3,(H,31,32,33)/t23-,24?,25+,26?/m1/s1. The van der Waals surface area contributed by atoms with E-state index in [0.717, 1.165) is 45.1 Å². The molecule has 0 saturated carbocycles. The highest BCUT2D eigenvalue weighted by atomic mass is 16.5. The molecule has 3 aliphatic rings. The summed E-state index contributed by atoms with van der Waals surface area (Å²) in [5, 5.41) is 3.37. The van der Waals surface area contributed by atoms with Crippen molar-refractivity contribution in [1.82, 2.24) is 19.8 Å². The maximum absolute atomic E-state index is 13.6. The number of hydrogen-bond acceptors (Lipinski definition) is 9. The fourth-order valence-corrected chi connectivity index (χ4v) is 6.31. The number of carbonyl (C=O) groups is 1. The van der Waals surface area contributed by atoms with Crippen LogP contribution >= 0.6 is 0 Å². The van der Waals surface area contributed by atoms with Crippen LogP contribution in [0, 0.1) is 0 Å². The van der Waals surface area contributed by atoms with Crippen LogP contribution in [0.4, 0.5) is 5.82 Å². The SMILES string of the molecule is COc1c(NC[C@H]2CCC[C@@H](c3ccccc3)O2)ncnc1C(=O)N1CCC(N(C)C2CCOCC2OC)CC1. The zero-order valence-electron chi connectivity index (χ0n) is 24.0. The van der Waals surface area contributed by atoms with Gasteiger partial charge in [-0.2, -0.15) is 0 Å². The molecule has 0 aliphatic carbocycles. The van der Waals surface area contributed by atoms with Crippen molar-refractivity contribution in [2.45, 2.75) is 68.9 Å². The highest BCUT2D eigenvalue weighted by Crippen LogP contribution is 2.32. The van der Waals surface area contributed by atoms with Crippen LogP contribution in [-0.2, 0) is 14.2 Å². The fraction of sp³-hybridized carbons (Fsp3) is 0.633. The molecule has 3 fully saturated rings. The Labute approximate surface area is 237 Å². The molecule has 4 heterocycles. The number of hydrogen-bond donors (Lipinski definition) is 1. The van der Waals surface area contributed by atoms with Gasteiger partial charge in [-0.25, -0.2) is 9.97 Å². The fourth-order valence-electron chi connectivity index (χ4n) is 6.31. The van der Waals surface area contributed by atoms with Gasteiger partial charge in [-0.3, -0.25) is 9.69 Å². The third-order valence-electron chi connectivity index (χ3n) is 8.65. The van der Waals surface area contributed by atoms with Crippen LogP contribution in [0.1, 0.15) is 60.7 Å². The average Bonchev–Trinajstić information content (AvgIpc) is 3.03. The zero-order valence-corrected chi connectivity index (χ0v) is 24.0. The smallest absolute Gasteiger partial charge is 0.276 e. The number of rotatable bonds is 9.